The van der Waals surface area contributed by atoms with Crippen molar-refractivity contribution in [3.8, 4) is 0 Å². The lowest BCUT2D eigenvalue weighted by atomic mass is 10.2. The molecule has 0 aliphatic rings. The largest absolute Gasteiger partial charge is 0.349 e. The van der Waals surface area contributed by atoms with E-state index in [1.165, 1.54) is 0 Å². The van der Waals surface area contributed by atoms with Crippen molar-refractivity contribution in [3.63, 3.8) is 0 Å². The second kappa shape index (κ2) is 5.81. The number of sulfone groups is 1. The molecule has 0 aliphatic carbocycles. The van der Waals surface area contributed by atoms with Gasteiger partial charge < -0.3 is 5.32 Å². The lowest BCUT2D eigenvalue weighted by Crippen LogP contribution is -2.37. The summed E-state index contributed by atoms with van der Waals surface area (Å²) in [7, 11) is -3.08. The molecule has 6 heteroatoms. The van der Waals surface area contributed by atoms with E-state index in [0.717, 1.165) is 9.83 Å². The summed E-state index contributed by atoms with van der Waals surface area (Å²) in [6.07, 6.45) is 1.15. The van der Waals surface area contributed by atoms with Crippen molar-refractivity contribution in [2.75, 3.05) is 12.0 Å². The van der Waals surface area contributed by atoms with E-state index in [0.29, 0.717) is 5.56 Å². The van der Waals surface area contributed by atoms with Gasteiger partial charge in [0.05, 0.1) is 11.3 Å². The third-order valence-electron chi connectivity index (χ3n) is 2.05. The van der Waals surface area contributed by atoms with Gasteiger partial charge in [-0.15, -0.1) is 0 Å². The lowest BCUT2D eigenvalue weighted by molar-refractivity contribution is 0.0943. The summed E-state index contributed by atoms with van der Waals surface area (Å²) < 4.78 is 23.0. The van der Waals surface area contributed by atoms with Gasteiger partial charge in [0.15, 0.2) is 0 Å². The van der Waals surface area contributed by atoms with E-state index in [1.54, 1.807) is 19.1 Å². The number of nitrogens with one attached hydrogen (secondary N) is 1. The van der Waals surface area contributed by atoms with Crippen LogP contribution in [0.4, 0.5) is 0 Å². The van der Waals surface area contributed by atoms with Gasteiger partial charge in [-0.3, -0.25) is 4.79 Å². The lowest BCUT2D eigenvalue weighted by Gasteiger charge is -2.13. The van der Waals surface area contributed by atoms with E-state index < -0.39 is 15.9 Å². The Morgan fingerprint density at radius 2 is 2.00 bits per heavy atom. The molecule has 0 heterocycles. The molecule has 17 heavy (non-hydrogen) atoms. The minimum Gasteiger partial charge on any atom is -0.349 e. The van der Waals surface area contributed by atoms with E-state index in [-0.39, 0.29) is 11.7 Å². The molecule has 1 rings (SSSR count). The van der Waals surface area contributed by atoms with Crippen LogP contribution < -0.4 is 5.32 Å². The second-order valence-electron chi connectivity index (χ2n) is 3.95. The summed E-state index contributed by atoms with van der Waals surface area (Å²) in [6, 6.07) is 6.77. The third kappa shape index (κ3) is 5.03. The number of carbonyl (C=O) groups excluding carboxylic acids is 1. The third-order valence-corrected chi connectivity index (χ3v) is 4.09. The summed E-state index contributed by atoms with van der Waals surface area (Å²) >= 11 is 2.07. The van der Waals surface area contributed by atoms with Gasteiger partial charge in [0.2, 0.25) is 0 Å². The molecular weight excluding hydrogens is 353 g/mol. The number of rotatable bonds is 4. The maximum atomic E-state index is 11.9. The molecule has 1 aromatic rings. The first kappa shape index (κ1) is 14.4. The van der Waals surface area contributed by atoms with Gasteiger partial charge in [0, 0.05) is 15.9 Å². The van der Waals surface area contributed by atoms with Crippen molar-refractivity contribution < 1.29 is 13.2 Å². The Bertz CT molecular complexity index is 513. The molecule has 0 radical (unpaired) electrons. The molecule has 1 unspecified atom stereocenters. The highest BCUT2D eigenvalue weighted by Gasteiger charge is 2.15. The van der Waals surface area contributed by atoms with Crippen LogP contribution in [0.1, 0.15) is 17.3 Å². The Morgan fingerprint density at radius 1 is 1.41 bits per heavy atom. The van der Waals surface area contributed by atoms with Gasteiger partial charge in [-0.05, 0) is 41.6 Å². The molecule has 0 aromatic heterocycles. The number of hydrogen-bond acceptors (Lipinski definition) is 3. The number of amides is 1. The van der Waals surface area contributed by atoms with Gasteiger partial charge in [-0.2, -0.15) is 0 Å². The van der Waals surface area contributed by atoms with Gasteiger partial charge >= 0.3 is 0 Å². The number of hydrogen-bond donors (Lipinski definition) is 1. The molecular formula is C11H14INO3S. The van der Waals surface area contributed by atoms with Gasteiger partial charge in [-0.1, -0.05) is 12.1 Å². The van der Waals surface area contributed by atoms with E-state index in [1.807, 2.05) is 12.1 Å². The average Bonchev–Trinajstić information content (AvgIpc) is 2.14. The summed E-state index contributed by atoms with van der Waals surface area (Å²) in [5.74, 6) is -0.298. The Labute approximate surface area is 115 Å². The van der Waals surface area contributed by atoms with Crippen LogP contribution in [0.25, 0.3) is 0 Å². The van der Waals surface area contributed by atoms with Crippen LogP contribution in [0.2, 0.25) is 0 Å². The summed E-state index contributed by atoms with van der Waals surface area (Å²) in [5.41, 5.74) is 0.563. The smallest absolute Gasteiger partial charge is 0.252 e. The number of benzene rings is 1. The number of carbonyl (C=O) groups is 1. The van der Waals surface area contributed by atoms with E-state index in [9.17, 15) is 13.2 Å². The Balaban J connectivity index is 2.71. The van der Waals surface area contributed by atoms with Crippen molar-refractivity contribution in [3.05, 3.63) is 33.4 Å². The highest BCUT2D eigenvalue weighted by atomic mass is 127. The monoisotopic (exact) mass is 367 g/mol. The predicted octanol–water partition coefficient (Wildman–Crippen LogP) is 1.45. The molecule has 0 bridgehead atoms. The fourth-order valence-electron chi connectivity index (χ4n) is 1.44. The molecule has 94 valence electrons. The van der Waals surface area contributed by atoms with E-state index in [4.69, 9.17) is 0 Å². The molecule has 1 atom stereocenters. The van der Waals surface area contributed by atoms with Crippen molar-refractivity contribution in [2.45, 2.75) is 13.0 Å². The Kier molecular flexibility index (Phi) is 4.93. The fourth-order valence-corrected chi connectivity index (χ4v) is 3.07. The zero-order chi connectivity index (χ0) is 13.1. The first-order chi connectivity index (χ1) is 7.79. The maximum absolute atomic E-state index is 11.9. The van der Waals surface area contributed by atoms with Gasteiger partial charge in [0.1, 0.15) is 9.84 Å². The normalized spacial score (nSPS) is 13.1. The minimum atomic E-state index is -3.08. The highest BCUT2D eigenvalue weighted by molar-refractivity contribution is 14.1. The van der Waals surface area contributed by atoms with Crippen LogP contribution in [0.15, 0.2) is 24.3 Å². The molecule has 0 fully saturated rings. The van der Waals surface area contributed by atoms with Crippen molar-refractivity contribution in [1.82, 2.24) is 5.32 Å². The fraction of sp³-hybridized carbons (Fsp3) is 0.364. The zero-order valence-electron chi connectivity index (χ0n) is 9.60. The van der Waals surface area contributed by atoms with Crippen LogP contribution in [0.3, 0.4) is 0 Å². The molecule has 0 spiro atoms. The van der Waals surface area contributed by atoms with Crippen LogP contribution in [0, 0.1) is 3.57 Å². The van der Waals surface area contributed by atoms with Crippen LogP contribution in [-0.4, -0.2) is 32.4 Å². The standard InChI is InChI=1S/C11H14INO3S/c1-8(7-17(2,15)16)13-11(14)9-5-3-4-6-10(9)12/h3-6,8H,7H2,1-2H3,(H,13,14). The minimum absolute atomic E-state index is 0.0534. The molecule has 0 aliphatic heterocycles. The average molecular weight is 367 g/mol. The SMILES string of the molecule is CC(CS(C)(=O)=O)NC(=O)c1ccccc1I. The molecule has 0 saturated carbocycles. The topological polar surface area (TPSA) is 63.2 Å². The number of halogens is 1. The molecule has 4 nitrogen and oxygen atoms in total. The Hall–Kier alpha value is -0.630. The van der Waals surface area contributed by atoms with Gasteiger partial charge in [-0.25, -0.2) is 8.42 Å². The zero-order valence-corrected chi connectivity index (χ0v) is 12.6. The summed E-state index contributed by atoms with van der Waals surface area (Å²) in [6.45, 7) is 1.68. The van der Waals surface area contributed by atoms with Crippen molar-refractivity contribution >= 4 is 38.3 Å². The van der Waals surface area contributed by atoms with Crippen molar-refractivity contribution in [2.24, 2.45) is 0 Å². The van der Waals surface area contributed by atoms with E-state index >= 15 is 0 Å². The van der Waals surface area contributed by atoms with Gasteiger partial charge in [0.25, 0.3) is 5.91 Å². The molecule has 1 aromatic carbocycles. The first-order valence-corrected chi connectivity index (χ1v) is 8.16. The summed E-state index contributed by atoms with van der Waals surface area (Å²) in [4.78, 5) is 11.9. The van der Waals surface area contributed by atoms with Crippen molar-refractivity contribution in [1.29, 1.82) is 0 Å². The Morgan fingerprint density at radius 3 is 2.53 bits per heavy atom. The molecule has 1 amide bonds. The molecule has 0 saturated heterocycles. The maximum Gasteiger partial charge on any atom is 0.252 e. The quantitative estimate of drug-likeness (QED) is 0.820. The predicted molar refractivity (Wildman–Crippen MR) is 75.8 cm³/mol. The van der Waals surface area contributed by atoms with E-state index in [2.05, 4.69) is 27.9 Å². The second-order valence-corrected chi connectivity index (χ2v) is 7.29. The van der Waals surface area contributed by atoms with Crippen LogP contribution in [0.5, 0.6) is 0 Å². The summed E-state index contributed by atoms with van der Waals surface area (Å²) in [5, 5.41) is 2.67. The van der Waals surface area contributed by atoms with Crippen LogP contribution in [-0.2, 0) is 9.84 Å². The molecule has 1 N–H and O–H groups in total. The highest BCUT2D eigenvalue weighted by Crippen LogP contribution is 2.11. The first-order valence-electron chi connectivity index (χ1n) is 5.02. The van der Waals surface area contributed by atoms with Crippen LogP contribution >= 0.6 is 22.6 Å².